The minimum atomic E-state index is -3.80. The van der Waals surface area contributed by atoms with E-state index < -0.39 is 10.0 Å². The molecule has 138 valence electrons. The Morgan fingerprint density at radius 1 is 1.19 bits per heavy atom. The molecule has 0 heterocycles. The first-order valence-electron chi connectivity index (χ1n) is 8.71. The second-order valence-corrected chi connectivity index (χ2v) is 7.88. The molecule has 0 spiro atoms. The molecule has 0 amide bonds. The number of benzene rings is 1. The SMILES string of the molecule is C=C(/C=C\C=C/C)S(=O)(=O)/N=C(\C)N/C(=C\C)c1ccc(C2CC2)cc1. The van der Waals surface area contributed by atoms with Crippen molar-refractivity contribution in [3.05, 3.63) is 77.3 Å². The van der Waals surface area contributed by atoms with Gasteiger partial charge in [-0.3, -0.25) is 0 Å². The van der Waals surface area contributed by atoms with Gasteiger partial charge in [-0.1, -0.05) is 55.1 Å². The molecule has 5 heteroatoms. The molecule has 2 rings (SSSR count). The molecule has 0 radical (unpaired) electrons. The van der Waals surface area contributed by atoms with Crippen LogP contribution in [0, 0.1) is 0 Å². The fourth-order valence-corrected chi connectivity index (χ4v) is 3.25. The minimum absolute atomic E-state index is 0.0486. The van der Waals surface area contributed by atoms with Gasteiger partial charge in [-0.15, -0.1) is 4.40 Å². The Balaban J connectivity index is 2.11. The summed E-state index contributed by atoms with van der Waals surface area (Å²) in [5.74, 6) is 1.01. The van der Waals surface area contributed by atoms with E-state index in [4.69, 9.17) is 0 Å². The summed E-state index contributed by atoms with van der Waals surface area (Å²) in [6, 6.07) is 8.37. The Kier molecular flexibility index (Phi) is 6.75. The maximum atomic E-state index is 12.2. The fraction of sp³-hybridized carbons (Fsp3) is 0.286. The molecule has 1 saturated carbocycles. The topological polar surface area (TPSA) is 58.5 Å². The van der Waals surface area contributed by atoms with Crippen molar-refractivity contribution in [2.45, 2.75) is 39.5 Å². The summed E-state index contributed by atoms with van der Waals surface area (Å²) in [4.78, 5) is -0.0486. The van der Waals surface area contributed by atoms with Gasteiger partial charge < -0.3 is 5.32 Å². The van der Waals surface area contributed by atoms with Gasteiger partial charge in [0.1, 0.15) is 5.84 Å². The molecule has 1 aromatic rings. The van der Waals surface area contributed by atoms with E-state index >= 15 is 0 Å². The zero-order valence-corrected chi connectivity index (χ0v) is 16.4. The lowest BCUT2D eigenvalue weighted by molar-refractivity contribution is 0.604. The molecule has 1 aliphatic carbocycles. The summed E-state index contributed by atoms with van der Waals surface area (Å²) >= 11 is 0. The highest BCUT2D eigenvalue weighted by Crippen LogP contribution is 2.40. The molecule has 0 aliphatic heterocycles. The van der Waals surface area contributed by atoms with Crippen molar-refractivity contribution < 1.29 is 8.42 Å². The molecule has 1 fully saturated rings. The summed E-state index contributed by atoms with van der Waals surface area (Å²) in [5, 5.41) is 3.08. The van der Waals surface area contributed by atoms with Gasteiger partial charge >= 0.3 is 0 Å². The van der Waals surface area contributed by atoms with Gasteiger partial charge in [0.05, 0.1) is 4.91 Å². The molecule has 1 N–H and O–H groups in total. The maximum Gasteiger partial charge on any atom is 0.283 e. The van der Waals surface area contributed by atoms with Crippen molar-refractivity contribution in [2.24, 2.45) is 4.40 Å². The third kappa shape index (κ3) is 5.56. The molecule has 26 heavy (non-hydrogen) atoms. The quantitative estimate of drug-likeness (QED) is 0.421. The zero-order valence-electron chi connectivity index (χ0n) is 15.6. The van der Waals surface area contributed by atoms with E-state index in [0.29, 0.717) is 11.8 Å². The van der Waals surface area contributed by atoms with Gasteiger partial charge in [0.15, 0.2) is 0 Å². The van der Waals surface area contributed by atoms with Crippen LogP contribution < -0.4 is 5.32 Å². The fourth-order valence-electron chi connectivity index (χ4n) is 2.48. The number of nitrogens with zero attached hydrogens (tertiary/aromatic N) is 1. The van der Waals surface area contributed by atoms with Crippen LogP contribution in [-0.2, 0) is 10.0 Å². The van der Waals surface area contributed by atoms with E-state index in [1.54, 1.807) is 25.2 Å². The molecule has 0 bridgehead atoms. The summed E-state index contributed by atoms with van der Waals surface area (Å²) in [6.45, 7) is 8.96. The second kappa shape index (κ2) is 8.81. The van der Waals surface area contributed by atoms with Gasteiger partial charge in [0.25, 0.3) is 10.0 Å². The lowest BCUT2D eigenvalue weighted by atomic mass is 10.1. The Morgan fingerprint density at radius 3 is 2.38 bits per heavy atom. The third-order valence-corrected chi connectivity index (χ3v) is 5.36. The normalized spacial score (nSPS) is 16.4. The maximum absolute atomic E-state index is 12.2. The van der Waals surface area contributed by atoms with Gasteiger partial charge in [0, 0.05) is 5.70 Å². The van der Waals surface area contributed by atoms with Crippen LogP contribution in [-0.4, -0.2) is 14.3 Å². The third-order valence-electron chi connectivity index (χ3n) is 4.05. The van der Waals surface area contributed by atoms with Crippen LogP contribution in [0.15, 0.2) is 70.5 Å². The lowest BCUT2D eigenvalue weighted by Crippen LogP contribution is -2.20. The predicted molar refractivity (Wildman–Crippen MR) is 110 cm³/mol. The Hall–Kier alpha value is -2.40. The first kappa shape index (κ1) is 19.9. The summed E-state index contributed by atoms with van der Waals surface area (Å²) in [7, 11) is -3.80. The average Bonchev–Trinajstić information content (AvgIpc) is 3.44. The molecule has 1 aromatic carbocycles. The zero-order chi connectivity index (χ0) is 19.2. The van der Waals surface area contributed by atoms with Crippen molar-refractivity contribution >= 4 is 21.6 Å². The number of rotatable bonds is 7. The number of amidine groups is 1. The number of hydrogen-bond donors (Lipinski definition) is 1. The van der Waals surface area contributed by atoms with Crippen molar-refractivity contribution in [3.8, 4) is 0 Å². The van der Waals surface area contributed by atoms with Crippen LogP contribution in [0.4, 0.5) is 0 Å². The molecular weight excluding hydrogens is 344 g/mol. The minimum Gasteiger partial charge on any atom is -0.343 e. The van der Waals surface area contributed by atoms with Gasteiger partial charge in [-0.25, -0.2) is 0 Å². The molecule has 0 aromatic heterocycles. The predicted octanol–water partition coefficient (Wildman–Crippen LogP) is 4.91. The average molecular weight is 371 g/mol. The van der Waals surface area contributed by atoms with Crippen LogP contribution in [0.1, 0.15) is 50.7 Å². The smallest absolute Gasteiger partial charge is 0.283 e. The Morgan fingerprint density at radius 2 is 1.85 bits per heavy atom. The highest BCUT2D eigenvalue weighted by atomic mass is 32.2. The van der Waals surface area contributed by atoms with E-state index in [0.717, 1.165) is 11.3 Å². The van der Waals surface area contributed by atoms with E-state index in [2.05, 4.69) is 40.6 Å². The van der Waals surface area contributed by atoms with Crippen molar-refractivity contribution in [1.82, 2.24) is 5.32 Å². The first-order valence-corrected chi connectivity index (χ1v) is 10.1. The molecular formula is C21H26N2O2S. The van der Waals surface area contributed by atoms with Gasteiger partial charge in [-0.2, -0.15) is 8.42 Å². The van der Waals surface area contributed by atoms with Crippen molar-refractivity contribution in [1.29, 1.82) is 0 Å². The van der Waals surface area contributed by atoms with Crippen LogP contribution in [0.2, 0.25) is 0 Å². The number of allylic oxidation sites excluding steroid dienone is 5. The van der Waals surface area contributed by atoms with E-state index in [-0.39, 0.29) is 4.91 Å². The largest absolute Gasteiger partial charge is 0.343 e. The lowest BCUT2D eigenvalue weighted by Gasteiger charge is -2.11. The Labute approximate surface area is 156 Å². The van der Waals surface area contributed by atoms with Crippen LogP contribution in [0.3, 0.4) is 0 Å². The number of nitrogens with one attached hydrogen (secondary N) is 1. The summed E-state index contributed by atoms with van der Waals surface area (Å²) in [6.07, 6.45) is 11.0. The molecule has 0 atom stereocenters. The molecule has 4 nitrogen and oxygen atoms in total. The molecule has 1 aliphatic rings. The number of hydrogen-bond acceptors (Lipinski definition) is 2. The molecule has 0 saturated heterocycles. The Bertz CT molecular complexity index is 869. The molecule has 0 unspecified atom stereocenters. The van der Waals surface area contributed by atoms with Crippen LogP contribution in [0.5, 0.6) is 0 Å². The first-order chi connectivity index (χ1) is 12.4. The van der Waals surface area contributed by atoms with E-state index in [1.165, 1.54) is 24.5 Å². The van der Waals surface area contributed by atoms with Gasteiger partial charge in [-0.05, 0) is 56.7 Å². The van der Waals surface area contributed by atoms with Crippen molar-refractivity contribution in [3.63, 3.8) is 0 Å². The van der Waals surface area contributed by atoms with Crippen LogP contribution in [0.25, 0.3) is 5.70 Å². The van der Waals surface area contributed by atoms with Gasteiger partial charge in [0.2, 0.25) is 0 Å². The van der Waals surface area contributed by atoms with E-state index in [1.807, 2.05) is 19.9 Å². The second-order valence-electron chi connectivity index (χ2n) is 6.23. The van der Waals surface area contributed by atoms with Crippen LogP contribution >= 0.6 is 0 Å². The highest BCUT2D eigenvalue weighted by molar-refractivity contribution is 7.94. The van der Waals surface area contributed by atoms with Crippen molar-refractivity contribution in [2.75, 3.05) is 0 Å². The standard InChI is InChI=1S/C21H26N2O2S/c1-5-7-8-9-16(3)26(24,25)23-17(4)22-21(6-2)20-14-12-19(13-15-20)18-10-11-18/h5-9,12-15,18H,3,10-11H2,1-2,4H3,(H,22,23)/b7-5-,9-8-,21-6-. The monoisotopic (exact) mass is 370 g/mol. The highest BCUT2D eigenvalue weighted by Gasteiger charge is 2.23. The van der Waals surface area contributed by atoms with E-state index in [9.17, 15) is 8.42 Å². The summed E-state index contributed by atoms with van der Waals surface area (Å²) in [5.41, 5.74) is 3.18. The number of sulfonamides is 1. The summed E-state index contributed by atoms with van der Waals surface area (Å²) < 4.78 is 28.3.